The maximum Gasteiger partial charge on any atom is 0.251 e. The number of hydrogen-bond acceptors (Lipinski definition) is 3. The Morgan fingerprint density at radius 2 is 2.11 bits per heavy atom. The number of amides is 1. The monoisotopic (exact) mass is 287 g/mol. The number of nitrogens with zero attached hydrogens (tertiary/aromatic N) is 1. The molecule has 0 aliphatic carbocycles. The van der Waals surface area contributed by atoms with Gasteiger partial charge in [0.1, 0.15) is 4.99 Å². The van der Waals surface area contributed by atoms with Crippen LogP contribution in [0.3, 0.4) is 0 Å². The minimum absolute atomic E-state index is 0.129. The molecule has 1 amide bonds. The first-order valence-corrected chi connectivity index (χ1v) is 5.96. The number of carbonyl (C=O) groups excluding carboxylic acids is 1. The van der Waals surface area contributed by atoms with Gasteiger partial charge in [0.05, 0.1) is 18.8 Å². The van der Waals surface area contributed by atoms with Crippen molar-refractivity contribution in [3.8, 4) is 0 Å². The molecule has 0 aliphatic rings. The first-order valence-electron chi connectivity index (χ1n) is 5.55. The van der Waals surface area contributed by atoms with Crippen molar-refractivity contribution in [2.45, 2.75) is 6.43 Å². The summed E-state index contributed by atoms with van der Waals surface area (Å²) in [4.78, 5) is 13.1. The van der Waals surface area contributed by atoms with E-state index < -0.39 is 18.9 Å². The van der Waals surface area contributed by atoms with E-state index in [-0.39, 0.29) is 11.5 Å². The summed E-state index contributed by atoms with van der Waals surface area (Å²) < 4.78 is 24.3. The van der Waals surface area contributed by atoms with Crippen LogP contribution in [0.5, 0.6) is 0 Å². The Bertz CT molecular complexity index is 468. The van der Waals surface area contributed by atoms with Gasteiger partial charge in [-0.3, -0.25) is 9.69 Å². The third-order valence-corrected chi connectivity index (χ3v) is 2.55. The van der Waals surface area contributed by atoms with E-state index in [1.54, 1.807) is 24.3 Å². The lowest BCUT2D eigenvalue weighted by molar-refractivity contribution is -0.117. The molecule has 0 aliphatic heterocycles. The molecule has 0 atom stereocenters. The van der Waals surface area contributed by atoms with Gasteiger partial charge in [0, 0.05) is 5.56 Å². The third-order valence-electron chi connectivity index (χ3n) is 2.33. The van der Waals surface area contributed by atoms with E-state index >= 15 is 0 Å². The molecule has 0 saturated heterocycles. The van der Waals surface area contributed by atoms with E-state index in [2.05, 4.69) is 5.32 Å². The number of benzene rings is 1. The van der Waals surface area contributed by atoms with Gasteiger partial charge in [-0.1, -0.05) is 24.4 Å². The zero-order valence-electron chi connectivity index (χ0n) is 10.4. The van der Waals surface area contributed by atoms with Crippen molar-refractivity contribution in [1.82, 2.24) is 4.90 Å². The van der Waals surface area contributed by atoms with Crippen molar-refractivity contribution in [2.24, 2.45) is 5.73 Å². The van der Waals surface area contributed by atoms with Gasteiger partial charge in [-0.2, -0.15) is 0 Å². The fraction of sp³-hybridized carbons (Fsp3) is 0.333. The van der Waals surface area contributed by atoms with Crippen molar-refractivity contribution in [2.75, 3.05) is 25.5 Å². The van der Waals surface area contributed by atoms with Crippen LogP contribution in [0.1, 0.15) is 5.56 Å². The average molecular weight is 287 g/mol. The van der Waals surface area contributed by atoms with E-state index in [0.29, 0.717) is 11.3 Å². The quantitative estimate of drug-likeness (QED) is 0.778. The lowest BCUT2D eigenvalue weighted by Crippen LogP contribution is -2.33. The normalized spacial score (nSPS) is 10.8. The van der Waals surface area contributed by atoms with Crippen molar-refractivity contribution >= 4 is 28.8 Å². The Hall–Kier alpha value is -1.60. The van der Waals surface area contributed by atoms with Crippen molar-refractivity contribution in [3.05, 3.63) is 29.8 Å². The summed E-state index contributed by atoms with van der Waals surface area (Å²) in [7, 11) is 1.45. The van der Waals surface area contributed by atoms with E-state index in [4.69, 9.17) is 18.0 Å². The molecule has 1 aromatic carbocycles. The molecule has 1 rings (SSSR count). The van der Waals surface area contributed by atoms with Gasteiger partial charge in [0.2, 0.25) is 5.91 Å². The molecule has 0 unspecified atom stereocenters. The predicted octanol–water partition coefficient (Wildman–Crippen LogP) is 1.46. The van der Waals surface area contributed by atoms with Gasteiger partial charge < -0.3 is 11.1 Å². The lowest BCUT2D eigenvalue weighted by atomic mass is 10.2. The Labute approximate surface area is 115 Å². The number of likely N-dealkylation sites (N-methyl/N-ethyl adjacent to an activating group) is 1. The summed E-state index contributed by atoms with van der Waals surface area (Å²) in [5, 5.41) is 2.60. The summed E-state index contributed by atoms with van der Waals surface area (Å²) >= 11 is 4.86. The number of nitrogens with one attached hydrogen (secondary N) is 1. The second kappa shape index (κ2) is 7.10. The number of thiocarbonyl (C=S) groups is 1. The highest BCUT2D eigenvalue weighted by Crippen LogP contribution is 2.14. The molecule has 0 fully saturated rings. The van der Waals surface area contributed by atoms with E-state index in [1.807, 2.05) is 0 Å². The summed E-state index contributed by atoms with van der Waals surface area (Å²) in [5.74, 6) is -0.396. The molecule has 0 spiro atoms. The summed E-state index contributed by atoms with van der Waals surface area (Å²) in [6, 6.07) is 6.80. The van der Waals surface area contributed by atoms with Gasteiger partial charge in [-0.05, 0) is 19.2 Å². The molecule has 7 heteroatoms. The molecular formula is C12H15F2N3OS. The average Bonchev–Trinajstić information content (AvgIpc) is 2.27. The Morgan fingerprint density at radius 3 is 2.68 bits per heavy atom. The number of hydrogen-bond donors (Lipinski definition) is 2. The van der Waals surface area contributed by atoms with Crippen LogP contribution in [0, 0.1) is 0 Å². The van der Waals surface area contributed by atoms with Gasteiger partial charge in [-0.15, -0.1) is 0 Å². The smallest absolute Gasteiger partial charge is 0.251 e. The van der Waals surface area contributed by atoms with E-state index in [1.165, 1.54) is 11.9 Å². The fourth-order valence-electron chi connectivity index (χ4n) is 1.54. The maximum atomic E-state index is 12.1. The molecule has 3 N–H and O–H groups in total. The van der Waals surface area contributed by atoms with Crippen molar-refractivity contribution in [1.29, 1.82) is 0 Å². The Balaban J connectivity index is 2.65. The number of alkyl halides is 2. The fourth-order valence-corrected chi connectivity index (χ4v) is 1.72. The number of para-hydroxylation sites is 1. The molecule has 19 heavy (non-hydrogen) atoms. The SMILES string of the molecule is CN(CC(=O)Nc1ccccc1C(N)=S)CC(F)F. The van der Waals surface area contributed by atoms with Gasteiger partial charge in [0.15, 0.2) is 0 Å². The molecule has 104 valence electrons. The number of halogens is 2. The highest BCUT2D eigenvalue weighted by molar-refractivity contribution is 7.80. The first kappa shape index (κ1) is 15.5. The molecule has 4 nitrogen and oxygen atoms in total. The van der Waals surface area contributed by atoms with Crippen LogP contribution in [-0.4, -0.2) is 42.4 Å². The van der Waals surface area contributed by atoms with Crippen LogP contribution in [-0.2, 0) is 4.79 Å². The lowest BCUT2D eigenvalue weighted by Gasteiger charge is -2.16. The predicted molar refractivity (Wildman–Crippen MR) is 74.5 cm³/mol. The molecule has 0 bridgehead atoms. The zero-order valence-corrected chi connectivity index (χ0v) is 11.2. The van der Waals surface area contributed by atoms with Gasteiger partial charge in [-0.25, -0.2) is 8.78 Å². The Morgan fingerprint density at radius 1 is 1.47 bits per heavy atom. The molecule has 0 radical (unpaired) electrons. The third kappa shape index (κ3) is 5.27. The Kier molecular flexibility index (Phi) is 5.78. The van der Waals surface area contributed by atoms with Crippen LogP contribution in [0.2, 0.25) is 0 Å². The second-order valence-corrected chi connectivity index (χ2v) is 4.49. The number of nitrogens with two attached hydrogens (primary N) is 1. The minimum atomic E-state index is -2.47. The zero-order chi connectivity index (χ0) is 14.4. The number of anilines is 1. The number of carbonyl (C=O) groups is 1. The number of rotatable bonds is 6. The van der Waals surface area contributed by atoms with Crippen LogP contribution in [0.25, 0.3) is 0 Å². The van der Waals surface area contributed by atoms with Crippen molar-refractivity contribution in [3.63, 3.8) is 0 Å². The second-order valence-electron chi connectivity index (χ2n) is 4.05. The first-order chi connectivity index (χ1) is 8.90. The minimum Gasteiger partial charge on any atom is -0.389 e. The van der Waals surface area contributed by atoms with Crippen molar-refractivity contribution < 1.29 is 13.6 Å². The highest BCUT2D eigenvalue weighted by atomic mass is 32.1. The topological polar surface area (TPSA) is 58.4 Å². The van der Waals surface area contributed by atoms with E-state index in [0.717, 1.165) is 0 Å². The van der Waals surface area contributed by atoms with Gasteiger partial charge in [0.25, 0.3) is 6.43 Å². The maximum absolute atomic E-state index is 12.1. The molecular weight excluding hydrogens is 272 g/mol. The van der Waals surface area contributed by atoms with Crippen LogP contribution in [0.15, 0.2) is 24.3 Å². The summed E-state index contributed by atoms with van der Waals surface area (Å²) in [6.45, 7) is -0.583. The summed E-state index contributed by atoms with van der Waals surface area (Å²) in [6.07, 6.45) is -2.47. The highest BCUT2D eigenvalue weighted by Gasteiger charge is 2.13. The molecule has 0 saturated carbocycles. The molecule has 0 aromatic heterocycles. The summed E-state index contributed by atoms with van der Waals surface area (Å²) in [5.41, 5.74) is 6.55. The molecule has 1 aromatic rings. The standard InChI is InChI=1S/C12H15F2N3OS/c1-17(6-10(13)14)7-11(18)16-9-5-3-2-4-8(9)12(15)19/h2-5,10H,6-7H2,1H3,(H2,15,19)(H,16,18). The molecule has 0 heterocycles. The van der Waals surface area contributed by atoms with E-state index in [9.17, 15) is 13.6 Å². The van der Waals surface area contributed by atoms with Crippen LogP contribution < -0.4 is 11.1 Å². The van der Waals surface area contributed by atoms with Crippen LogP contribution in [0.4, 0.5) is 14.5 Å². The largest absolute Gasteiger partial charge is 0.389 e. The van der Waals surface area contributed by atoms with Gasteiger partial charge >= 0.3 is 0 Å². The van der Waals surface area contributed by atoms with Crippen LogP contribution >= 0.6 is 12.2 Å².